The molecule has 1 atom stereocenters. The van der Waals surface area contributed by atoms with Crippen molar-refractivity contribution in [2.45, 2.75) is 203 Å². The van der Waals surface area contributed by atoms with Crippen LogP contribution in [-0.4, -0.2) is 0 Å². The fraction of sp³-hybridized carbons (Fsp3) is 0.721. The van der Waals surface area contributed by atoms with Crippen LogP contribution in [0.3, 0.4) is 0 Å². The Bertz CT molecular complexity index is 1240. The van der Waals surface area contributed by atoms with Crippen LogP contribution in [0.4, 0.5) is 0 Å². The molecular formula is C43H72. The van der Waals surface area contributed by atoms with Crippen LogP contribution in [-0.2, 0) is 37.9 Å². The van der Waals surface area contributed by atoms with Gasteiger partial charge in [0, 0.05) is 5.92 Å². The summed E-state index contributed by atoms with van der Waals surface area (Å²) in [5.41, 5.74) is 14.1. The molecule has 0 nitrogen and oxygen atoms in total. The summed E-state index contributed by atoms with van der Waals surface area (Å²) in [6.07, 6.45) is 1.07. The van der Waals surface area contributed by atoms with Gasteiger partial charge in [-0.3, -0.25) is 0 Å². The fourth-order valence-corrected chi connectivity index (χ4v) is 7.51. The topological polar surface area (TPSA) is 0 Å². The lowest BCUT2D eigenvalue weighted by Crippen LogP contribution is -2.38. The summed E-state index contributed by atoms with van der Waals surface area (Å²) in [5.74, 6) is 0.302. The Balaban J connectivity index is 3.61. The summed E-state index contributed by atoms with van der Waals surface area (Å²) in [6, 6.07) is 7.46. The van der Waals surface area contributed by atoms with Gasteiger partial charge in [0.05, 0.1) is 0 Å². The maximum absolute atomic E-state index is 2.60. The molecule has 0 aromatic heterocycles. The number of hydrogen-bond donors (Lipinski definition) is 0. The Morgan fingerprint density at radius 2 is 0.744 bits per heavy atom. The molecule has 0 amide bonds. The van der Waals surface area contributed by atoms with Crippen LogP contribution in [0.15, 0.2) is 18.2 Å². The van der Waals surface area contributed by atoms with Crippen molar-refractivity contribution in [3.63, 3.8) is 0 Å². The van der Waals surface area contributed by atoms with Crippen molar-refractivity contribution in [3.8, 4) is 0 Å². The van der Waals surface area contributed by atoms with Gasteiger partial charge in [-0.2, -0.15) is 0 Å². The Labute approximate surface area is 270 Å². The van der Waals surface area contributed by atoms with Gasteiger partial charge >= 0.3 is 0 Å². The molecule has 0 fully saturated rings. The SMILES string of the molecule is CCC(c1cc(C(C)(C)C)ccc1C(C)(C)C)c1c(C(C)(C)C)c(C(C)(C)C)c(C(C)(C)C)c(C(C)(C)C)c1C(C)(C)C. The van der Waals surface area contributed by atoms with Crippen LogP contribution in [0.25, 0.3) is 0 Å². The Hall–Kier alpha value is -1.56. The van der Waals surface area contributed by atoms with Gasteiger partial charge in [0.1, 0.15) is 0 Å². The largest absolute Gasteiger partial charge is 0.0645 e. The van der Waals surface area contributed by atoms with Crippen molar-refractivity contribution in [1.82, 2.24) is 0 Å². The van der Waals surface area contributed by atoms with E-state index in [9.17, 15) is 0 Å². The van der Waals surface area contributed by atoms with E-state index in [0.717, 1.165) is 6.42 Å². The first kappa shape index (κ1) is 37.6. The highest BCUT2D eigenvalue weighted by molar-refractivity contribution is 5.65. The molecule has 0 bridgehead atoms. The van der Waals surface area contributed by atoms with Gasteiger partial charge in [0.2, 0.25) is 0 Å². The molecular weight excluding hydrogens is 516 g/mol. The predicted molar refractivity (Wildman–Crippen MR) is 196 cm³/mol. The first-order valence-electron chi connectivity index (χ1n) is 17.2. The van der Waals surface area contributed by atoms with Crippen molar-refractivity contribution in [1.29, 1.82) is 0 Å². The Morgan fingerprint density at radius 3 is 1.00 bits per heavy atom. The van der Waals surface area contributed by atoms with Crippen LogP contribution >= 0.6 is 0 Å². The van der Waals surface area contributed by atoms with Crippen molar-refractivity contribution < 1.29 is 0 Å². The molecule has 2 aromatic rings. The molecule has 0 spiro atoms. The molecule has 0 aliphatic carbocycles. The molecule has 244 valence electrons. The molecule has 43 heavy (non-hydrogen) atoms. The van der Waals surface area contributed by atoms with E-state index in [-0.39, 0.29) is 37.9 Å². The molecule has 1 unspecified atom stereocenters. The lowest BCUT2D eigenvalue weighted by atomic mass is 9.57. The highest BCUT2D eigenvalue weighted by Gasteiger charge is 2.44. The second kappa shape index (κ2) is 11.4. The van der Waals surface area contributed by atoms with E-state index in [1.807, 2.05) is 0 Å². The number of hydrogen-bond acceptors (Lipinski definition) is 0. The summed E-state index contributed by atoms with van der Waals surface area (Å²) < 4.78 is 0. The third-order valence-corrected chi connectivity index (χ3v) is 9.15. The maximum Gasteiger partial charge on any atom is 0.00958 e. The van der Waals surface area contributed by atoms with Crippen LogP contribution in [0.1, 0.15) is 215 Å². The van der Waals surface area contributed by atoms with E-state index in [2.05, 4.69) is 171 Å². The minimum Gasteiger partial charge on any atom is -0.0645 e. The van der Waals surface area contributed by atoms with Gasteiger partial charge in [-0.05, 0) is 94.4 Å². The van der Waals surface area contributed by atoms with Crippen LogP contribution in [0.2, 0.25) is 0 Å². The second-order valence-corrected chi connectivity index (χ2v) is 20.8. The van der Waals surface area contributed by atoms with Crippen molar-refractivity contribution in [2.24, 2.45) is 0 Å². The van der Waals surface area contributed by atoms with Crippen molar-refractivity contribution >= 4 is 0 Å². The Morgan fingerprint density at radius 1 is 0.419 bits per heavy atom. The molecule has 0 radical (unpaired) electrons. The van der Waals surface area contributed by atoms with Crippen LogP contribution in [0, 0.1) is 0 Å². The number of benzene rings is 2. The zero-order chi connectivity index (χ0) is 34.1. The third-order valence-electron chi connectivity index (χ3n) is 9.15. The minimum absolute atomic E-state index is 0.00516. The molecule has 0 heteroatoms. The van der Waals surface area contributed by atoms with Gasteiger partial charge in [-0.15, -0.1) is 0 Å². The zero-order valence-corrected chi connectivity index (χ0v) is 33.0. The standard InChI is InChI=1S/C43H72/c1-23-28(29-26-27(37(2,3)4)24-25-30(29)38(5,6)7)31-32(39(8,9)10)34(41(14,15)16)36(43(20,21)22)35(42(17,18)19)33(31)40(11,12)13/h24-26,28H,23H2,1-22H3. The monoisotopic (exact) mass is 589 g/mol. The number of rotatable bonds is 3. The molecule has 0 saturated carbocycles. The molecule has 0 N–H and O–H groups in total. The minimum atomic E-state index is -0.0225. The average Bonchev–Trinajstić information content (AvgIpc) is 2.73. The van der Waals surface area contributed by atoms with Gasteiger partial charge in [0.15, 0.2) is 0 Å². The lowest BCUT2D eigenvalue weighted by Gasteiger charge is -2.47. The van der Waals surface area contributed by atoms with E-state index in [1.54, 1.807) is 33.4 Å². The second-order valence-electron chi connectivity index (χ2n) is 20.8. The van der Waals surface area contributed by atoms with Gasteiger partial charge in [-0.25, -0.2) is 0 Å². The molecule has 0 aliphatic rings. The molecule has 2 rings (SSSR count). The maximum atomic E-state index is 2.60. The first-order chi connectivity index (χ1) is 18.8. The molecule has 0 heterocycles. The molecule has 0 aliphatic heterocycles. The normalized spacial score (nSPS) is 15.2. The van der Waals surface area contributed by atoms with E-state index in [1.165, 1.54) is 16.7 Å². The van der Waals surface area contributed by atoms with Gasteiger partial charge in [-0.1, -0.05) is 171 Å². The summed E-state index contributed by atoms with van der Waals surface area (Å²) >= 11 is 0. The highest BCUT2D eigenvalue weighted by atomic mass is 14.5. The smallest absolute Gasteiger partial charge is 0.00958 e. The predicted octanol–water partition coefficient (Wildman–Crippen LogP) is 13.3. The van der Waals surface area contributed by atoms with Gasteiger partial charge < -0.3 is 0 Å². The third kappa shape index (κ3) is 7.82. The first-order valence-corrected chi connectivity index (χ1v) is 17.2. The Kier molecular flexibility index (Phi) is 9.93. The molecule has 2 aromatic carbocycles. The van der Waals surface area contributed by atoms with Gasteiger partial charge in [0.25, 0.3) is 0 Å². The van der Waals surface area contributed by atoms with E-state index < -0.39 is 0 Å². The summed E-state index contributed by atoms with van der Waals surface area (Å²) in [5, 5.41) is 0. The summed E-state index contributed by atoms with van der Waals surface area (Å²) in [6.45, 7) is 53.7. The fourth-order valence-electron chi connectivity index (χ4n) is 7.51. The van der Waals surface area contributed by atoms with E-state index in [0.29, 0.717) is 5.92 Å². The van der Waals surface area contributed by atoms with E-state index >= 15 is 0 Å². The van der Waals surface area contributed by atoms with Crippen molar-refractivity contribution in [3.05, 3.63) is 68.3 Å². The average molecular weight is 589 g/mol. The summed E-state index contributed by atoms with van der Waals surface area (Å²) in [4.78, 5) is 0. The van der Waals surface area contributed by atoms with E-state index in [4.69, 9.17) is 0 Å². The quantitative estimate of drug-likeness (QED) is 0.334. The van der Waals surface area contributed by atoms with Crippen LogP contribution in [0.5, 0.6) is 0 Å². The van der Waals surface area contributed by atoms with Crippen LogP contribution < -0.4 is 0 Å². The zero-order valence-electron chi connectivity index (χ0n) is 33.0. The molecule has 0 saturated heterocycles. The highest BCUT2D eigenvalue weighted by Crippen LogP contribution is 2.55. The summed E-state index contributed by atoms with van der Waals surface area (Å²) in [7, 11) is 0. The lowest BCUT2D eigenvalue weighted by molar-refractivity contribution is 0.449. The van der Waals surface area contributed by atoms with Crippen molar-refractivity contribution in [2.75, 3.05) is 0 Å².